The molecular formula is C14H22N2O2. The molecule has 1 rings (SSSR count). The number of benzene rings is 1. The smallest absolute Gasteiger partial charge is 0.170 e. The molecule has 18 heavy (non-hydrogen) atoms. The van der Waals surface area contributed by atoms with Gasteiger partial charge in [-0.15, -0.1) is 0 Å². The van der Waals surface area contributed by atoms with Crippen molar-refractivity contribution in [3.63, 3.8) is 0 Å². The highest BCUT2D eigenvalue weighted by Crippen LogP contribution is 2.12. The van der Waals surface area contributed by atoms with Gasteiger partial charge in [0.15, 0.2) is 5.84 Å². The third-order valence-electron chi connectivity index (χ3n) is 2.67. The van der Waals surface area contributed by atoms with Crippen LogP contribution in [0.2, 0.25) is 0 Å². The molecule has 0 aliphatic carbocycles. The van der Waals surface area contributed by atoms with Crippen LogP contribution in [0.1, 0.15) is 38.3 Å². The Balaban J connectivity index is 2.57. The average molecular weight is 250 g/mol. The van der Waals surface area contributed by atoms with E-state index >= 15 is 0 Å². The van der Waals surface area contributed by atoms with Gasteiger partial charge < -0.3 is 15.7 Å². The van der Waals surface area contributed by atoms with Crippen LogP contribution in [0.15, 0.2) is 29.4 Å². The Kier molecular flexibility index (Phi) is 5.65. The Hall–Kier alpha value is -1.55. The van der Waals surface area contributed by atoms with Gasteiger partial charge in [-0.2, -0.15) is 0 Å². The monoisotopic (exact) mass is 250 g/mol. The zero-order valence-electron chi connectivity index (χ0n) is 11.3. The molecule has 0 fully saturated rings. The summed E-state index contributed by atoms with van der Waals surface area (Å²) in [7, 11) is 0. The lowest BCUT2D eigenvalue weighted by Gasteiger charge is -2.15. The van der Waals surface area contributed by atoms with E-state index in [0.717, 1.165) is 12.0 Å². The van der Waals surface area contributed by atoms with Crippen LogP contribution in [0.4, 0.5) is 0 Å². The molecule has 0 amide bonds. The van der Waals surface area contributed by atoms with Gasteiger partial charge in [0.1, 0.15) is 0 Å². The molecule has 0 radical (unpaired) electrons. The van der Waals surface area contributed by atoms with E-state index in [4.69, 9.17) is 15.7 Å². The first kappa shape index (κ1) is 14.5. The van der Waals surface area contributed by atoms with E-state index in [1.807, 2.05) is 18.2 Å². The molecule has 1 aromatic rings. The summed E-state index contributed by atoms with van der Waals surface area (Å²) in [5, 5.41) is 11.6. The second-order valence-corrected chi connectivity index (χ2v) is 4.94. The van der Waals surface area contributed by atoms with Crippen LogP contribution in [0.3, 0.4) is 0 Å². The minimum atomic E-state index is 0.118. The van der Waals surface area contributed by atoms with Crippen molar-refractivity contribution in [2.24, 2.45) is 16.8 Å². The zero-order chi connectivity index (χ0) is 13.5. The lowest BCUT2D eigenvalue weighted by atomic mass is 10.1. The molecule has 0 bridgehead atoms. The van der Waals surface area contributed by atoms with Crippen molar-refractivity contribution in [1.82, 2.24) is 0 Å². The second kappa shape index (κ2) is 7.01. The number of nitrogens with zero attached hydrogens (tertiary/aromatic N) is 1. The second-order valence-electron chi connectivity index (χ2n) is 4.94. The van der Waals surface area contributed by atoms with Gasteiger partial charge in [0, 0.05) is 5.56 Å². The third-order valence-corrected chi connectivity index (χ3v) is 2.67. The van der Waals surface area contributed by atoms with E-state index in [9.17, 15) is 0 Å². The molecule has 0 heterocycles. The molecule has 4 heteroatoms. The maximum absolute atomic E-state index is 8.63. The van der Waals surface area contributed by atoms with Gasteiger partial charge in [-0.25, -0.2) is 0 Å². The van der Waals surface area contributed by atoms with Crippen LogP contribution in [0, 0.1) is 5.92 Å². The Morgan fingerprint density at radius 3 is 2.72 bits per heavy atom. The highest BCUT2D eigenvalue weighted by molar-refractivity contribution is 5.97. The van der Waals surface area contributed by atoms with Crippen LogP contribution in [0.25, 0.3) is 0 Å². The van der Waals surface area contributed by atoms with Crippen molar-refractivity contribution < 1.29 is 9.94 Å². The molecule has 3 N–H and O–H groups in total. The molecule has 100 valence electrons. The summed E-state index contributed by atoms with van der Waals surface area (Å²) in [5.74, 6) is 0.746. The fourth-order valence-electron chi connectivity index (χ4n) is 1.85. The van der Waals surface area contributed by atoms with Crippen LogP contribution < -0.4 is 5.73 Å². The first-order valence-electron chi connectivity index (χ1n) is 6.21. The Morgan fingerprint density at radius 1 is 1.39 bits per heavy atom. The summed E-state index contributed by atoms with van der Waals surface area (Å²) in [4.78, 5) is 0. The number of hydrogen-bond acceptors (Lipinski definition) is 3. The normalized spacial score (nSPS) is 13.9. The van der Waals surface area contributed by atoms with Crippen molar-refractivity contribution in [3.05, 3.63) is 35.4 Å². The predicted molar refractivity (Wildman–Crippen MR) is 72.7 cm³/mol. The van der Waals surface area contributed by atoms with E-state index in [1.54, 1.807) is 6.07 Å². The maximum Gasteiger partial charge on any atom is 0.170 e. The lowest BCUT2D eigenvalue weighted by Crippen LogP contribution is -2.14. The van der Waals surface area contributed by atoms with E-state index in [1.165, 1.54) is 0 Å². The van der Waals surface area contributed by atoms with Crippen molar-refractivity contribution in [1.29, 1.82) is 0 Å². The number of rotatable bonds is 6. The van der Waals surface area contributed by atoms with Crippen molar-refractivity contribution in [2.45, 2.75) is 39.9 Å². The molecule has 1 unspecified atom stereocenters. The highest BCUT2D eigenvalue weighted by Gasteiger charge is 2.06. The molecule has 1 aromatic carbocycles. The van der Waals surface area contributed by atoms with Gasteiger partial charge >= 0.3 is 0 Å². The molecule has 0 spiro atoms. The van der Waals surface area contributed by atoms with Gasteiger partial charge in [0.05, 0.1) is 12.7 Å². The highest BCUT2D eigenvalue weighted by atomic mass is 16.5. The fourth-order valence-corrected chi connectivity index (χ4v) is 1.85. The summed E-state index contributed by atoms with van der Waals surface area (Å²) in [6.07, 6.45) is 1.28. The molecule has 0 saturated heterocycles. The zero-order valence-corrected chi connectivity index (χ0v) is 11.3. The van der Waals surface area contributed by atoms with Crippen molar-refractivity contribution in [2.75, 3.05) is 0 Å². The maximum atomic E-state index is 8.63. The fraction of sp³-hybridized carbons (Fsp3) is 0.500. The summed E-state index contributed by atoms with van der Waals surface area (Å²) < 4.78 is 5.76. The van der Waals surface area contributed by atoms with E-state index in [2.05, 4.69) is 25.9 Å². The minimum Gasteiger partial charge on any atom is -0.409 e. The van der Waals surface area contributed by atoms with Gasteiger partial charge in [-0.3, -0.25) is 0 Å². The lowest BCUT2D eigenvalue weighted by molar-refractivity contribution is 0.0397. The number of amidine groups is 1. The quantitative estimate of drug-likeness (QED) is 0.353. The van der Waals surface area contributed by atoms with Crippen molar-refractivity contribution in [3.8, 4) is 0 Å². The van der Waals surface area contributed by atoms with Gasteiger partial charge in [-0.1, -0.05) is 37.2 Å². The molecule has 0 aromatic heterocycles. The molecule has 1 atom stereocenters. The number of oxime groups is 1. The van der Waals surface area contributed by atoms with E-state index < -0.39 is 0 Å². The predicted octanol–water partition coefficient (Wildman–Crippen LogP) is 2.73. The van der Waals surface area contributed by atoms with Gasteiger partial charge in [-0.05, 0) is 30.9 Å². The average Bonchev–Trinajstić information content (AvgIpc) is 2.35. The van der Waals surface area contributed by atoms with Crippen LogP contribution in [-0.4, -0.2) is 17.1 Å². The van der Waals surface area contributed by atoms with Gasteiger partial charge in [0.25, 0.3) is 0 Å². The van der Waals surface area contributed by atoms with Crippen LogP contribution in [-0.2, 0) is 11.3 Å². The summed E-state index contributed by atoms with van der Waals surface area (Å²) in [6.45, 7) is 6.98. The van der Waals surface area contributed by atoms with Crippen LogP contribution >= 0.6 is 0 Å². The van der Waals surface area contributed by atoms with E-state index in [-0.39, 0.29) is 11.9 Å². The minimum absolute atomic E-state index is 0.118. The third kappa shape index (κ3) is 4.75. The molecule has 0 aliphatic rings. The summed E-state index contributed by atoms with van der Waals surface area (Å²) in [6, 6.07) is 7.52. The molecule has 0 aliphatic heterocycles. The van der Waals surface area contributed by atoms with Crippen molar-refractivity contribution >= 4 is 5.84 Å². The number of nitrogens with two attached hydrogens (primary N) is 1. The first-order chi connectivity index (χ1) is 8.52. The number of hydrogen-bond donors (Lipinski definition) is 2. The summed E-state index contributed by atoms with van der Waals surface area (Å²) in [5.41, 5.74) is 7.27. The Bertz CT molecular complexity index is 403. The summed E-state index contributed by atoms with van der Waals surface area (Å²) >= 11 is 0. The van der Waals surface area contributed by atoms with Gasteiger partial charge in [0.2, 0.25) is 0 Å². The largest absolute Gasteiger partial charge is 0.409 e. The Morgan fingerprint density at radius 2 is 2.11 bits per heavy atom. The molecule has 4 nitrogen and oxygen atoms in total. The Labute approximate surface area is 108 Å². The molecular weight excluding hydrogens is 228 g/mol. The molecule has 0 saturated carbocycles. The standard InChI is InChI=1S/C14H22N2O2/c1-10(2)7-11(3)18-9-12-5-4-6-13(8-12)14(15)16-17/h4-6,8,10-11,17H,7,9H2,1-3H3,(H2,15,16). The first-order valence-corrected chi connectivity index (χ1v) is 6.21. The van der Waals surface area contributed by atoms with Crippen LogP contribution in [0.5, 0.6) is 0 Å². The number of ether oxygens (including phenoxy) is 1. The SMILES string of the molecule is CC(C)CC(C)OCc1cccc(/C(N)=N/O)c1. The van der Waals surface area contributed by atoms with E-state index in [0.29, 0.717) is 18.1 Å². The topological polar surface area (TPSA) is 67.8 Å².